The van der Waals surface area contributed by atoms with Gasteiger partial charge in [-0.2, -0.15) is 0 Å². The van der Waals surface area contributed by atoms with Crippen LogP contribution in [0.3, 0.4) is 0 Å². The van der Waals surface area contributed by atoms with Gasteiger partial charge in [0, 0.05) is 25.8 Å². The van der Waals surface area contributed by atoms with E-state index in [9.17, 15) is 9.90 Å². The molecule has 0 aliphatic heterocycles. The summed E-state index contributed by atoms with van der Waals surface area (Å²) in [6.07, 6.45) is -0.234. The Morgan fingerprint density at radius 3 is 2.19 bits per heavy atom. The van der Waals surface area contributed by atoms with Gasteiger partial charge in [0.25, 0.3) is 0 Å². The largest absolute Gasteiger partial charge is 0.497 e. The molecule has 0 spiro atoms. The molecule has 0 bridgehead atoms. The minimum Gasteiger partial charge on any atom is -0.497 e. The number of nitrogens with zero attached hydrogens (tertiary/aromatic N) is 1. The van der Waals surface area contributed by atoms with Gasteiger partial charge in [-0.25, -0.2) is 4.79 Å². The van der Waals surface area contributed by atoms with Crippen molar-refractivity contribution < 1.29 is 14.6 Å². The van der Waals surface area contributed by atoms with Gasteiger partial charge in [0.15, 0.2) is 0 Å². The van der Waals surface area contributed by atoms with Crippen LogP contribution in [0.4, 0.5) is 10.5 Å². The second kappa shape index (κ2) is 11.9. The van der Waals surface area contributed by atoms with Gasteiger partial charge in [0.05, 0.1) is 19.3 Å². The maximum Gasteiger partial charge on any atom is 0.321 e. The number of hydrogen-bond donors (Lipinski definition) is 3. The number of rotatable bonds is 10. The highest BCUT2D eigenvalue weighted by Crippen LogP contribution is 2.13. The molecule has 3 aromatic rings. The Bertz CT molecular complexity index is 949. The van der Waals surface area contributed by atoms with Gasteiger partial charge in [-0.3, -0.25) is 4.90 Å². The van der Waals surface area contributed by atoms with Crippen molar-refractivity contribution in [2.45, 2.75) is 25.1 Å². The summed E-state index contributed by atoms with van der Waals surface area (Å²) in [5.41, 5.74) is 2.93. The number of hydrogen-bond acceptors (Lipinski definition) is 4. The minimum atomic E-state index is -0.762. The van der Waals surface area contributed by atoms with Gasteiger partial charge < -0.3 is 20.5 Å². The number of aliphatic hydroxyl groups is 1. The van der Waals surface area contributed by atoms with Crippen molar-refractivity contribution in [3.63, 3.8) is 0 Å². The number of carbonyl (C=O) groups is 1. The van der Waals surface area contributed by atoms with Crippen LogP contribution < -0.4 is 20.3 Å². The molecule has 3 rings (SSSR count). The molecule has 2 unspecified atom stereocenters. The number of nitrogens with one attached hydrogen (secondary N) is 2. The first-order valence-corrected chi connectivity index (χ1v) is 10.7. The summed E-state index contributed by atoms with van der Waals surface area (Å²) < 4.78 is 5.18. The molecular weight excluding hydrogens is 402 g/mol. The van der Waals surface area contributed by atoms with Crippen LogP contribution in [0.2, 0.25) is 0 Å². The molecule has 0 aliphatic rings. The summed E-state index contributed by atoms with van der Waals surface area (Å²) in [6, 6.07) is 26.4. The Kier molecular flexibility index (Phi) is 8.66. The number of methoxy groups -OCH3 is 1. The lowest BCUT2D eigenvalue weighted by Crippen LogP contribution is -2.52. The molecule has 6 nitrogen and oxygen atoms in total. The number of carbonyl (C=O) groups excluding carboxylic acids is 1. The molecule has 6 heteroatoms. The van der Waals surface area contributed by atoms with Gasteiger partial charge in [-0.1, -0.05) is 60.7 Å². The van der Waals surface area contributed by atoms with E-state index in [0.29, 0.717) is 19.5 Å². The van der Waals surface area contributed by atoms with Gasteiger partial charge in [-0.05, 0) is 41.8 Å². The number of ether oxygens (including phenoxy) is 1. The maximum absolute atomic E-state index is 12.9. The van der Waals surface area contributed by atoms with Crippen LogP contribution >= 0.6 is 0 Å². The number of urea groups is 1. The Balaban J connectivity index is 1.62. The van der Waals surface area contributed by atoms with E-state index in [1.54, 1.807) is 19.1 Å². The molecule has 0 saturated carbocycles. The highest BCUT2D eigenvalue weighted by molar-refractivity contribution is 5.91. The third-order valence-corrected chi connectivity index (χ3v) is 5.36. The SMILES string of the molecule is COc1ccc(CNCC(O)C(Cc2ccccc2)NC(=O)N(C)c2ccccc2)cc1. The molecule has 3 N–H and O–H groups in total. The fourth-order valence-corrected chi connectivity index (χ4v) is 3.43. The zero-order valence-corrected chi connectivity index (χ0v) is 18.6. The first-order valence-electron chi connectivity index (χ1n) is 10.7. The maximum atomic E-state index is 12.9. The van der Waals surface area contributed by atoms with Crippen molar-refractivity contribution >= 4 is 11.7 Å². The Labute approximate surface area is 189 Å². The zero-order valence-electron chi connectivity index (χ0n) is 18.6. The molecule has 0 radical (unpaired) electrons. The van der Waals surface area contributed by atoms with Crippen LogP contribution in [0.25, 0.3) is 0 Å². The predicted octanol–water partition coefficient (Wildman–Crippen LogP) is 3.60. The Hall–Kier alpha value is -3.35. The molecule has 32 heavy (non-hydrogen) atoms. The van der Waals surface area contributed by atoms with E-state index in [0.717, 1.165) is 22.6 Å². The van der Waals surface area contributed by atoms with Crippen LogP contribution in [0.1, 0.15) is 11.1 Å². The van der Waals surface area contributed by atoms with Crippen LogP contribution in [-0.2, 0) is 13.0 Å². The number of amides is 2. The number of para-hydroxylation sites is 1. The van der Waals surface area contributed by atoms with E-state index in [2.05, 4.69) is 10.6 Å². The molecule has 3 aromatic carbocycles. The van der Waals surface area contributed by atoms with Crippen molar-refractivity contribution in [1.29, 1.82) is 0 Å². The summed E-state index contributed by atoms with van der Waals surface area (Å²) in [5.74, 6) is 0.807. The molecule has 168 valence electrons. The van der Waals surface area contributed by atoms with Gasteiger partial charge in [0.1, 0.15) is 5.75 Å². The van der Waals surface area contributed by atoms with Gasteiger partial charge in [-0.15, -0.1) is 0 Å². The molecule has 0 saturated heterocycles. The smallest absolute Gasteiger partial charge is 0.321 e. The van der Waals surface area contributed by atoms with E-state index in [1.165, 1.54) is 0 Å². The summed E-state index contributed by atoms with van der Waals surface area (Å²) >= 11 is 0. The fourth-order valence-electron chi connectivity index (χ4n) is 3.43. The molecule has 0 fully saturated rings. The van der Waals surface area contributed by atoms with Crippen molar-refractivity contribution in [1.82, 2.24) is 10.6 Å². The molecule has 2 atom stereocenters. The quantitative estimate of drug-likeness (QED) is 0.457. The van der Waals surface area contributed by atoms with Crippen molar-refractivity contribution in [3.8, 4) is 5.75 Å². The lowest BCUT2D eigenvalue weighted by atomic mass is 10.0. The van der Waals surface area contributed by atoms with E-state index < -0.39 is 12.1 Å². The first-order chi connectivity index (χ1) is 15.6. The van der Waals surface area contributed by atoms with E-state index >= 15 is 0 Å². The second-order valence-electron chi connectivity index (χ2n) is 7.69. The average Bonchev–Trinajstić information content (AvgIpc) is 2.84. The van der Waals surface area contributed by atoms with Gasteiger partial charge in [0.2, 0.25) is 0 Å². The molecular formula is C26H31N3O3. The molecule has 0 aromatic heterocycles. The summed E-state index contributed by atoms with van der Waals surface area (Å²) in [5, 5.41) is 17.2. The molecule has 0 heterocycles. The topological polar surface area (TPSA) is 73.8 Å². The fraction of sp³-hybridized carbons (Fsp3) is 0.269. The Morgan fingerprint density at radius 1 is 0.938 bits per heavy atom. The zero-order chi connectivity index (χ0) is 22.8. The van der Waals surface area contributed by atoms with Crippen LogP contribution in [0.5, 0.6) is 5.75 Å². The number of anilines is 1. The Morgan fingerprint density at radius 2 is 1.56 bits per heavy atom. The van der Waals surface area contributed by atoms with Crippen LogP contribution in [-0.4, -0.2) is 44.0 Å². The molecule has 0 aliphatic carbocycles. The van der Waals surface area contributed by atoms with Gasteiger partial charge >= 0.3 is 6.03 Å². The third-order valence-electron chi connectivity index (χ3n) is 5.36. The van der Waals surface area contributed by atoms with E-state index in [4.69, 9.17) is 4.74 Å². The van der Waals surface area contributed by atoms with Crippen molar-refractivity contribution in [3.05, 3.63) is 96.1 Å². The number of aliphatic hydroxyl groups excluding tert-OH is 1. The predicted molar refractivity (Wildman–Crippen MR) is 128 cm³/mol. The lowest BCUT2D eigenvalue weighted by Gasteiger charge is -2.27. The second-order valence-corrected chi connectivity index (χ2v) is 7.69. The minimum absolute atomic E-state index is 0.258. The third kappa shape index (κ3) is 6.83. The van der Waals surface area contributed by atoms with E-state index in [1.807, 2.05) is 84.9 Å². The van der Waals surface area contributed by atoms with Crippen LogP contribution in [0, 0.1) is 0 Å². The number of benzene rings is 3. The average molecular weight is 434 g/mol. The first kappa shape index (κ1) is 23.3. The standard InChI is InChI=1S/C26H31N3O3/c1-29(22-11-7-4-8-12-22)26(31)28-24(17-20-9-5-3-6-10-20)25(30)19-27-18-21-13-15-23(32-2)16-14-21/h3-16,24-25,27,30H,17-19H2,1-2H3,(H,28,31). The van der Waals surface area contributed by atoms with Crippen molar-refractivity contribution in [2.24, 2.45) is 0 Å². The monoisotopic (exact) mass is 433 g/mol. The normalized spacial score (nSPS) is 12.6. The summed E-state index contributed by atoms with van der Waals surface area (Å²) in [7, 11) is 3.36. The summed E-state index contributed by atoms with van der Waals surface area (Å²) in [4.78, 5) is 14.4. The summed E-state index contributed by atoms with van der Waals surface area (Å²) in [6.45, 7) is 0.954. The van der Waals surface area contributed by atoms with Crippen LogP contribution in [0.15, 0.2) is 84.9 Å². The van der Waals surface area contributed by atoms with Crippen molar-refractivity contribution in [2.75, 3.05) is 25.6 Å². The molecule has 2 amide bonds. The van der Waals surface area contributed by atoms with E-state index in [-0.39, 0.29) is 6.03 Å². The highest BCUT2D eigenvalue weighted by atomic mass is 16.5. The lowest BCUT2D eigenvalue weighted by molar-refractivity contribution is 0.127. The highest BCUT2D eigenvalue weighted by Gasteiger charge is 2.23.